The van der Waals surface area contributed by atoms with Gasteiger partial charge in [0.25, 0.3) is 0 Å². The van der Waals surface area contributed by atoms with E-state index in [1.54, 1.807) is 18.2 Å². The molecule has 2 rings (SSSR count). The third-order valence-corrected chi connectivity index (χ3v) is 6.84. The van der Waals surface area contributed by atoms with Gasteiger partial charge in [-0.05, 0) is 25.0 Å². The molecule has 8 heteroatoms. The van der Waals surface area contributed by atoms with Crippen molar-refractivity contribution < 1.29 is 28.2 Å². The quantitative estimate of drug-likeness (QED) is 0.802. The van der Waals surface area contributed by atoms with Crippen LogP contribution in [0, 0.1) is 11.8 Å². The standard InChI is InChI=1S/C14H15ClO6S/c15-11-6-9(13(16)17)10(14(18)19)7-12(11)22(20,21)8-4-2-1-3-5-8/h1-5,9-12H,6-7H2,(H,16,17)(H,18,19)/t9-,10-,11+,12+/m1/s1. The van der Waals surface area contributed by atoms with E-state index >= 15 is 0 Å². The zero-order valence-electron chi connectivity index (χ0n) is 11.4. The molecule has 1 fully saturated rings. The number of alkyl halides is 1. The first-order valence-electron chi connectivity index (χ1n) is 6.63. The van der Waals surface area contributed by atoms with Crippen LogP contribution in [-0.4, -0.2) is 41.2 Å². The summed E-state index contributed by atoms with van der Waals surface area (Å²) in [5, 5.41) is 16.2. The molecule has 0 saturated heterocycles. The van der Waals surface area contributed by atoms with Crippen molar-refractivity contribution >= 4 is 33.4 Å². The fourth-order valence-corrected chi connectivity index (χ4v) is 5.32. The second-order valence-corrected chi connectivity index (χ2v) is 8.00. The largest absolute Gasteiger partial charge is 0.481 e. The second kappa shape index (κ2) is 6.26. The number of hydrogen-bond acceptors (Lipinski definition) is 4. The van der Waals surface area contributed by atoms with Crippen LogP contribution in [0.4, 0.5) is 0 Å². The zero-order valence-corrected chi connectivity index (χ0v) is 13.0. The average Bonchev–Trinajstić information content (AvgIpc) is 2.47. The van der Waals surface area contributed by atoms with Gasteiger partial charge in [0.05, 0.1) is 27.4 Å². The van der Waals surface area contributed by atoms with Gasteiger partial charge in [0.2, 0.25) is 0 Å². The van der Waals surface area contributed by atoms with E-state index in [9.17, 15) is 23.1 Å². The Kier molecular flexibility index (Phi) is 4.77. The molecule has 4 atom stereocenters. The maximum absolute atomic E-state index is 12.6. The minimum atomic E-state index is -3.81. The molecule has 0 radical (unpaired) electrons. The molecule has 1 aromatic rings. The highest BCUT2D eigenvalue weighted by Crippen LogP contribution is 2.39. The third-order valence-electron chi connectivity index (χ3n) is 3.96. The first-order valence-corrected chi connectivity index (χ1v) is 8.62. The van der Waals surface area contributed by atoms with E-state index in [0.29, 0.717) is 0 Å². The van der Waals surface area contributed by atoms with Crippen LogP contribution in [-0.2, 0) is 19.4 Å². The lowest BCUT2D eigenvalue weighted by atomic mass is 9.79. The monoisotopic (exact) mass is 346 g/mol. The van der Waals surface area contributed by atoms with Crippen LogP contribution in [0.2, 0.25) is 0 Å². The Morgan fingerprint density at radius 1 is 1.00 bits per heavy atom. The van der Waals surface area contributed by atoms with E-state index in [-0.39, 0.29) is 17.7 Å². The number of carboxylic acid groups (broad SMARTS) is 2. The SMILES string of the molecule is O=C(O)[C@@H]1C[C@H](Cl)[C@@H](S(=O)(=O)c2ccccc2)C[C@H]1C(=O)O. The van der Waals surface area contributed by atoms with E-state index in [4.69, 9.17) is 16.7 Å². The smallest absolute Gasteiger partial charge is 0.307 e. The van der Waals surface area contributed by atoms with Crippen LogP contribution in [0.1, 0.15) is 12.8 Å². The summed E-state index contributed by atoms with van der Waals surface area (Å²) in [6, 6.07) is 7.62. The molecule has 1 saturated carbocycles. The van der Waals surface area contributed by atoms with E-state index in [1.807, 2.05) is 0 Å². The maximum atomic E-state index is 12.6. The summed E-state index contributed by atoms with van der Waals surface area (Å²) in [5.74, 6) is -5.03. The van der Waals surface area contributed by atoms with Crippen molar-refractivity contribution in [3.8, 4) is 0 Å². The Labute approximate surface area is 132 Å². The molecule has 2 N–H and O–H groups in total. The predicted molar refractivity (Wildman–Crippen MR) is 78.5 cm³/mol. The van der Waals surface area contributed by atoms with Crippen LogP contribution < -0.4 is 0 Å². The molecule has 1 aliphatic rings. The van der Waals surface area contributed by atoms with Crippen LogP contribution in [0.3, 0.4) is 0 Å². The first kappa shape index (κ1) is 16.8. The molecular formula is C14H15ClO6S. The summed E-state index contributed by atoms with van der Waals surface area (Å²) in [6.45, 7) is 0. The fourth-order valence-electron chi connectivity index (χ4n) is 2.77. The molecule has 22 heavy (non-hydrogen) atoms. The number of carbonyl (C=O) groups is 2. The zero-order chi connectivity index (χ0) is 16.5. The van der Waals surface area contributed by atoms with E-state index in [0.717, 1.165) is 0 Å². The van der Waals surface area contributed by atoms with E-state index in [1.165, 1.54) is 12.1 Å². The number of carboxylic acids is 2. The van der Waals surface area contributed by atoms with Crippen LogP contribution in [0.25, 0.3) is 0 Å². The Morgan fingerprint density at radius 2 is 1.50 bits per heavy atom. The number of halogens is 1. The fraction of sp³-hybridized carbons (Fsp3) is 0.429. The molecule has 0 bridgehead atoms. The Balaban J connectivity index is 2.36. The summed E-state index contributed by atoms with van der Waals surface area (Å²) >= 11 is 6.09. The minimum Gasteiger partial charge on any atom is -0.481 e. The van der Waals surface area contributed by atoms with E-state index < -0.39 is 44.2 Å². The van der Waals surface area contributed by atoms with Gasteiger partial charge >= 0.3 is 11.9 Å². The lowest BCUT2D eigenvalue weighted by Crippen LogP contribution is -2.46. The first-order chi connectivity index (χ1) is 10.2. The van der Waals surface area contributed by atoms with Crippen LogP contribution in [0.5, 0.6) is 0 Å². The van der Waals surface area contributed by atoms with Crippen molar-refractivity contribution in [3.63, 3.8) is 0 Å². The van der Waals surface area contributed by atoms with Gasteiger partial charge < -0.3 is 10.2 Å². The van der Waals surface area contributed by atoms with Crippen LogP contribution in [0.15, 0.2) is 35.2 Å². The summed E-state index contributed by atoms with van der Waals surface area (Å²) < 4.78 is 25.2. The van der Waals surface area contributed by atoms with Crippen molar-refractivity contribution in [1.82, 2.24) is 0 Å². The number of aliphatic carboxylic acids is 2. The summed E-state index contributed by atoms with van der Waals surface area (Å²) in [6.07, 6.45) is -0.498. The molecule has 6 nitrogen and oxygen atoms in total. The highest BCUT2D eigenvalue weighted by molar-refractivity contribution is 7.92. The number of sulfone groups is 1. The minimum absolute atomic E-state index is 0.0589. The molecular weight excluding hydrogens is 332 g/mol. The Hall–Kier alpha value is -1.60. The molecule has 0 amide bonds. The Morgan fingerprint density at radius 3 is 2.00 bits per heavy atom. The van der Waals surface area contributed by atoms with Crippen molar-refractivity contribution in [2.75, 3.05) is 0 Å². The highest BCUT2D eigenvalue weighted by atomic mass is 35.5. The van der Waals surface area contributed by atoms with Crippen molar-refractivity contribution in [3.05, 3.63) is 30.3 Å². The van der Waals surface area contributed by atoms with Crippen LogP contribution >= 0.6 is 11.6 Å². The molecule has 1 aromatic carbocycles. The molecule has 0 spiro atoms. The molecule has 0 aliphatic heterocycles. The van der Waals surface area contributed by atoms with Gasteiger partial charge in [0, 0.05) is 0 Å². The lowest BCUT2D eigenvalue weighted by Gasteiger charge is -2.34. The van der Waals surface area contributed by atoms with Gasteiger partial charge in [-0.15, -0.1) is 11.6 Å². The molecule has 120 valence electrons. The average molecular weight is 347 g/mol. The highest BCUT2D eigenvalue weighted by Gasteiger charge is 2.48. The summed E-state index contributed by atoms with van der Waals surface area (Å²) in [5.41, 5.74) is 0. The molecule has 1 aliphatic carbocycles. The van der Waals surface area contributed by atoms with Gasteiger partial charge in [-0.1, -0.05) is 18.2 Å². The molecule has 0 aromatic heterocycles. The number of rotatable bonds is 4. The number of hydrogen-bond donors (Lipinski definition) is 2. The summed E-state index contributed by atoms with van der Waals surface area (Å²) in [4.78, 5) is 22.5. The van der Waals surface area contributed by atoms with E-state index in [2.05, 4.69) is 0 Å². The second-order valence-electron chi connectivity index (χ2n) is 5.27. The lowest BCUT2D eigenvalue weighted by molar-refractivity contribution is -0.155. The van der Waals surface area contributed by atoms with Gasteiger partial charge in [0.1, 0.15) is 0 Å². The molecule has 0 unspecified atom stereocenters. The maximum Gasteiger partial charge on any atom is 0.307 e. The summed E-state index contributed by atoms with van der Waals surface area (Å²) in [7, 11) is -3.81. The van der Waals surface area contributed by atoms with Gasteiger partial charge in [-0.2, -0.15) is 0 Å². The van der Waals surface area contributed by atoms with Crippen molar-refractivity contribution in [1.29, 1.82) is 0 Å². The van der Waals surface area contributed by atoms with Gasteiger partial charge in [-0.3, -0.25) is 9.59 Å². The molecule has 0 heterocycles. The van der Waals surface area contributed by atoms with Crippen molar-refractivity contribution in [2.45, 2.75) is 28.4 Å². The normalized spacial score (nSPS) is 29.0. The van der Waals surface area contributed by atoms with Gasteiger partial charge in [-0.25, -0.2) is 8.42 Å². The number of benzene rings is 1. The Bertz CT molecular complexity index is 672. The predicted octanol–water partition coefficient (Wildman–Crippen LogP) is 1.63. The van der Waals surface area contributed by atoms with Gasteiger partial charge in [0.15, 0.2) is 9.84 Å². The topological polar surface area (TPSA) is 109 Å². The van der Waals surface area contributed by atoms with Crippen molar-refractivity contribution in [2.24, 2.45) is 11.8 Å². The third kappa shape index (κ3) is 3.10.